The normalized spacial score (nSPS) is 21.0. The number of aliphatic hydroxyl groups excluding tert-OH is 6. The van der Waals surface area contributed by atoms with E-state index >= 15 is 0 Å². The van der Waals surface area contributed by atoms with E-state index in [-0.39, 0.29) is 58.8 Å². The number of primary amides is 1. The molecule has 6 aromatic carbocycles. The van der Waals surface area contributed by atoms with Gasteiger partial charge in [0.1, 0.15) is 49.8 Å². The van der Waals surface area contributed by atoms with Gasteiger partial charge in [0.05, 0.1) is 31.0 Å². The number of hydrogen-bond acceptors (Lipinski definition) is 15. The van der Waals surface area contributed by atoms with Crippen LogP contribution in [0.1, 0.15) is 84.3 Å². The van der Waals surface area contributed by atoms with Crippen LogP contribution in [0.25, 0.3) is 10.8 Å². The number of rotatable bonds is 28. The summed E-state index contributed by atoms with van der Waals surface area (Å²) < 4.78 is 29.2. The molecule has 82 heavy (non-hydrogen) atoms. The van der Waals surface area contributed by atoms with Crippen molar-refractivity contribution in [3.05, 3.63) is 191 Å². The highest BCUT2D eigenvalue weighted by Gasteiger charge is 2.42. The molecule has 8 rings (SSSR count). The van der Waals surface area contributed by atoms with Crippen molar-refractivity contribution in [1.29, 1.82) is 0 Å². The summed E-state index contributed by atoms with van der Waals surface area (Å²) in [5, 5.41) is 73.8. The summed E-state index contributed by atoms with van der Waals surface area (Å²) in [5.41, 5.74) is 11.4. The van der Waals surface area contributed by atoms with Crippen molar-refractivity contribution < 1.29 is 68.7 Å². The Hall–Kier alpha value is -6.81. The van der Waals surface area contributed by atoms with Crippen molar-refractivity contribution in [3.63, 3.8) is 0 Å². The number of hydrogen-bond donors (Lipinski definition) is 8. The molecule has 2 heterocycles. The molecule has 0 bridgehead atoms. The molecule has 2 aliphatic heterocycles. The minimum atomic E-state index is -1.66. The second-order valence-corrected chi connectivity index (χ2v) is 21.2. The summed E-state index contributed by atoms with van der Waals surface area (Å²) in [6.45, 7) is -0.322. The van der Waals surface area contributed by atoms with Gasteiger partial charge >= 0.3 is 12.2 Å². The number of nitrogens with zero attached hydrogens (tertiary/aromatic N) is 2. The minimum absolute atomic E-state index is 0.0204. The van der Waals surface area contributed by atoms with Crippen molar-refractivity contribution in [2.24, 2.45) is 5.73 Å². The summed E-state index contributed by atoms with van der Waals surface area (Å²) >= 11 is 0. The molecular formula is C64H78N4O14. The number of aryl methyl sites for hydroxylation is 2. The van der Waals surface area contributed by atoms with Crippen molar-refractivity contribution in [2.45, 2.75) is 132 Å². The number of carbonyl (C=O) groups is 3. The van der Waals surface area contributed by atoms with Gasteiger partial charge in [-0.15, -0.1) is 0 Å². The van der Waals surface area contributed by atoms with Gasteiger partial charge in [0.25, 0.3) is 0 Å². The van der Waals surface area contributed by atoms with E-state index in [1.807, 2.05) is 121 Å². The third-order valence-corrected chi connectivity index (χ3v) is 15.3. The van der Waals surface area contributed by atoms with E-state index < -0.39 is 85.4 Å². The zero-order valence-corrected chi connectivity index (χ0v) is 46.1. The van der Waals surface area contributed by atoms with Crippen LogP contribution in [0.3, 0.4) is 0 Å². The lowest BCUT2D eigenvalue weighted by atomic mass is 9.92. The molecule has 3 unspecified atom stereocenters. The molecule has 18 heteroatoms. The number of carbonyl (C=O) groups excluding carboxylic acids is 3. The fourth-order valence-corrected chi connectivity index (χ4v) is 10.8. The molecule has 18 nitrogen and oxygen atoms in total. The van der Waals surface area contributed by atoms with Gasteiger partial charge in [0.15, 0.2) is 6.29 Å². The van der Waals surface area contributed by atoms with Crippen molar-refractivity contribution >= 4 is 28.9 Å². The van der Waals surface area contributed by atoms with Crippen LogP contribution in [-0.2, 0) is 54.5 Å². The number of nitrogens with two attached hydrogens (primary N) is 1. The van der Waals surface area contributed by atoms with Gasteiger partial charge in [0.2, 0.25) is 5.91 Å². The average molecular weight is 1130 g/mol. The standard InChI is InChI=1S/C64H78N4O14/c65-61(75)51(32-31-46-30-29-45(49-27-13-14-28-50(46)49)22-15-16-35-66-63(76)79-40-43-18-5-1-6-19-43)68(64(77)80-41-44-20-7-2-8-21-44)37-17-36-67(38-53(70)57(73)59-52(69)33-34-56(81-59)47-23-9-3-10-24-47)39-54(71)58(74)60-55(72)42-78-62(82-60)48-25-11-4-12-26-48/h1-14,18-21,23-30,51-60,62,69-74H,15-17,22,31-42H2,(H2,65,75)(H,66,76)/t51?,52-,53+,54+,55-,56?,57-,58-,59-,60-,62?/m1/s1. The topological polar surface area (TPSA) is 263 Å². The number of unbranched alkanes of at least 4 members (excludes halogenated alkanes) is 1. The summed E-state index contributed by atoms with van der Waals surface area (Å²) in [4.78, 5) is 43.1. The van der Waals surface area contributed by atoms with Crippen LogP contribution in [0.2, 0.25) is 0 Å². The van der Waals surface area contributed by atoms with E-state index in [1.54, 1.807) is 29.2 Å². The number of fused-ring (bicyclic) bond motifs is 1. The van der Waals surface area contributed by atoms with Gasteiger partial charge in [-0.05, 0) is 90.0 Å². The van der Waals surface area contributed by atoms with Gasteiger partial charge in [-0.1, -0.05) is 158 Å². The minimum Gasteiger partial charge on any atom is -0.445 e. The molecule has 0 saturated carbocycles. The molecule has 6 aromatic rings. The maximum atomic E-state index is 14.3. The van der Waals surface area contributed by atoms with E-state index in [2.05, 4.69) is 17.4 Å². The first kappa shape index (κ1) is 61.3. The predicted octanol–water partition coefficient (Wildman–Crippen LogP) is 6.41. The lowest BCUT2D eigenvalue weighted by molar-refractivity contribution is -0.283. The first-order valence-corrected chi connectivity index (χ1v) is 28.4. The van der Waals surface area contributed by atoms with Gasteiger partial charge in [0, 0.05) is 38.3 Å². The third-order valence-electron chi connectivity index (χ3n) is 15.3. The Morgan fingerprint density at radius 1 is 0.598 bits per heavy atom. The molecule has 3 amide bonds. The first-order valence-electron chi connectivity index (χ1n) is 28.4. The predicted molar refractivity (Wildman–Crippen MR) is 307 cm³/mol. The highest BCUT2D eigenvalue weighted by atomic mass is 16.7. The monoisotopic (exact) mass is 1130 g/mol. The molecule has 0 aromatic heterocycles. The molecule has 0 radical (unpaired) electrons. The zero-order valence-electron chi connectivity index (χ0n) is 46.1. The van der Waals surface area contributed by atoms with E-state index in [0.717, 1.165) is 57.9 Å². The van der Waals surface area contributed by atoms with Crippen LogP contribution in [0.5, 0.6) is 0 Å². The first-order chi connectivity index (χ1) is 39.8. The molecule has 0 spiro atoms. The van der Waals surface area contributed by atoms with Gasteiger partial charge < -0.3 is 65.4 Å². The molecular weight excluding hydrogens is 1050 g/mol. The maximum absolute atomic E-state index is 14.3. The highest BCUT2D eigenvalue weighted by molar-refractivity contribution is 5.89. The second kappa shape index (κ2) is 31.0. The number of benzene rings is 6. The SMILES string of the molecule is NC(=O)C(CCc1ccc(CCCCNC(=O)OCc2ccccc2)c2ccccc12)N(CCCN(C[C@H](O)[C@@H](O)[C@@H]1OC(c2ccccc2)CC[C@H]1O)C[C@H](O)[C@@H](O)[C@@H]1OC(c2ccccc2)OC[C@H]1O)C(=O)OCc1ccccc1. The van der Waals surface area contributed by atoms with Crippen LogP contribution in [0.4, 0.5) is 9.59 Å². The molecule has 2 aliphatic rings. The summed E-state index contributed by atoms with van der Waals surface area (Å²) in [5.74, 6) is -0.757. The zero-order chi connectivity index (χ0) is 57.8. The lowest BCUT2D eigenvalue weighted by Crippen LogP contribution is -2.56. The van der Waals surface area contributed by atoms with Crippen molar-refractivity contribution in [2.75, 3.05) is 39.3 Å². The molecule has 11 atom stereocenters. The molecule has 438 valence electrons. The number of amides is 3. The second-order valence-electron chi connectivity index (χ2n) is 21.2. The van der Waals surface area contributed by atoms with Crippen LogP contribution >= 0.6 is 0 Å². The largest absolute Gasteiger partial charge is 0.445 e. The Bertz CT molecular complexity index is 2820. The molecule has 2 fully saturated rings. The highest BCUT2D eigenvalue weighted by Crippen LogP contribution is 2.34. The van der Waals surface area contributed by atoms with Crippen molar-refractivity contribution in [1.82, 2.24) is 15.1 Å². The molecule has 2 saturated heterocycles. The number of alkyl carbamates (subject to hydrolysis) is 1. The number of aliphatic hydroxyl groups is 6. The Balaban J connectivity index is 0.959. The fraction of sp³-hybridized carbons (Fsp3) is 0.422. The third kappa shape index (κ3) is 17.4. The van der Waals surface area contributed by atoms with Crippen LogP contribution in [0.15, 0.2) is 158 Å². The maximum Gasteiger partial charge on any atom is 0.410 e. The Kier molecular flexibility index (Phi) is 23.2. The summed E-state index contributed by atoms with van der Waals surface area (Å²) in [6, 6.07) is 47.8. The Morgan fingerprint density at radius 3 is 1.73 bits per heavy atom. The Morgan fingerprint density at radius 2 is 1.13 bits per heavy atom. The molecule has 9 N–H and O–H groups in total. The van der Waals surface area contributed by atoms with Crippen LogP contribution in [0, 0.1) is 0 Å². The smallest absolute Gasteiger partial charge is 0.410 e. The van der Waals surface area contributed by atoms with E-state index in [1.165, 1.54) is 4.90 Å². The van der Waals surface area contributed by atoms with Gasteiger partial charge in [-0.25, -0.2) is 9.59 Å². The number of ether oxygens (including phenoxy) is 5. The van der Waals surface area contributed by atoms with Crippen molar-refractivity contribution in [3.8, 4) is 0 Å². The van der Waals surface area contributed by atoms with E-state index in [0.29, 0.717) is 31.4 Å². The van der Waals surface area contributed by atoms with Gasteiger partial charge in [-0.3, -0.25) is 14.6 Å². The lowest BCUT2D eigenvalue weighted by Gasteiger charge is -2.40. The quantitative estimate of drug-likeness (QED) is 0.0247. The number of nitrogens with one attached hydrogen (secondary N) is 1. The van der Waals surface area contributed by atoms with Crippen LogP contribution < -0.4 is 11.1 Å². The van der Waals surface area contributed by atoms with Crippen LogP contribution in [-0.4, -0.2) is 153 Å². The average Bonchev–Trinajstić information content (AvgIpc) is 3.52. The Labute approximate surface area is 479 Å². The molecule has 0 aliphatic carbocycles. The van der Waals surface area contributed by atoms with Gasteiger partial charge in [-0.2, -0.15) is 0 Å². The van der Waals surface area contributed by atoms with E-state index in [9.17, 15) is 45.0 Å². The van der Waals surface area contributed by atoms with E-state index in [4.69, 9.17) is 29.4 Å². The fourth-order valence-electron chi connectivity index (χ4n) is 10.8. The summed E-state index contributed by atoms with van der Waals surface area (Å²) in [6.07, 6.45) is -10.3. The summed E-state index contributed by atoms with van der Waals surface area (Å²) in [7, 11) is 0.